The van der Waals surface area contributed by atoms with Crippen molar-refractivity contribution in [2.45, 2.75) is 45.2 Å². The summed E-state index contributed by atoms with van der Waals surface area (Å²) < 4.78 is 12.6. The van der Waals surface area contributed by atoms with E-state index in [0.717, 1.165) is 16.7 Å². The van der Waals surface area contributed by atoms with Gasteiger partial charge < -0.3 is 24.7 Å². The molecular formula is C31H32N4O5. The van der Waals surface area contributed by atoms with Gasteiger partial charge in [-0.25, -0.2) is 14.6 Å². The fraction of sp³-hybridized carbons (Fsp3) is 0.226. The van der Waals surface area contributed by atoms with Crippen LogP contribution in [-0.2, 0) is 45.2 Å². The van der Waals surface area contributed by atoms with E-state index in [-0.39, 0.29) is 19.6 Å². The summed E-state index contributed by atoms with van der Waals surface area (Å²) in [5, 5.41) is 5.27. The summed E-state index contributed by atoms with van der Waals surface area (Å²) in [5.74, 6) is -1.15. The number of carbonyl (C=O) groups excluding carboxylic acids is 3. The predicted octanol–water partition coefficient (Wildman–Crippen LogP) is 4.02. The maximum absolute atomic E-state index is 13.2. The highest BCUT2D eigenvalue weighted by molar-refractivity contribution is 5.89. The second-order valence-electron chi connectivity index (χ2n) is 9.31. The van der Waals surface area contributed by atoms with E-state index in [1.165, 1.54) is 6.92 Å². The van der Waals surface area contributed by atoms with Crippen molar-refractivity contribution in [3.63, 3.8) is 0 Å². The molecule has 0 radical (unpaired) electrons. The molecule has 40 heavy (non-hydrogen) atoms. The molecule has 0 aliphatic carbocycles. The van der Waals surface area contributed by atoms with Gasteiger partial charge in [-0.1, -0.05) is 91.0 Å². The highest BCUT2D eigenvalue weighted by Gasteiger charge is 2.27. The van der Waals surface area contributed by atoms with Crippen molar-refractivity contribution in [2.75, 3.05) is 0 Å². The monoisotopic (exact) mass is 540 g/mol. The van der Waals surface area contributed by atoms with Crippen molar-refractivity contribution in [3.05, 3.63) is 126 Å². The number of amides is 2. The van der Waals surface area contributed by atoms with Gasteiger partial charge in [-0.05, 0) is 23.6 Å². The number of aromatic nitrogens is 2. The minimum Gasteiger partial charge on any atom is -0.459 e. The Hall–Kier alpha value is -4.92. The maximum Gasteiger partial charge on any atom is 0.408 e. The Morgan fingerprint density at radius 3 is 1.93 bits per heavy atom. The first kappa shape index (κ1) is 28.1. The number of ether oxygens (including phenoxy) is 2. The van der Waals surface area contributed by atoms with Crippen molar-refractivity contribution in [2.24, 2.45) is 0 Å². The molecule has 1 aromatic heterocycles. The maximum atomic E-state index is 13.2. The Labute approximate surface area is 233 Å². The van der Waals surface area contributed by atoms with Crippen LogP contribution >= 0.6 is 0 Å². The summed E-state index contributed by atoms with van der Waals surface area (Å²) >= 11 is 0. The number of hydrogen-bond donors (Lipinski definition) is 2. The second kappa shape index (κ2) is 14.3. The highest BCUT2D eigenvalue weighted by Crippen LogP contribution is 2.08. The Bertz CT molecular complexity index is 1380. The van der Waals surface area contributed by atoms with Crippen molar-refractivity contribution in [3.8, 4) is 0 Å². The van der Waals surface area contributed by atoms with Crippen LogP contribution in [0.1, 0.15) is 29.3 Å². The third-order valence-electron chi connectivity index (χ3n) is 6.07. The van der Waals surface area contributed by atoms with E-state index in [1.807, 2.05) is 102 Å². The first-order valence-corrected chi connectivity index (χ1v) is 13.0. The van der Waals surface area contributed by atoms with E-state index < -0.39 is 30.1 Å². The number of imidazole rings is 1. The Balaban J connectivity index is 1.38. The normalized spacial score (nSPS) is 12.1. The Morgan fingerprint density at radius 1 is 0.775 bits per heavy atom. The zero-order chi connectivity index (χ0) is 28.2. The standard InChI is InChI=1S/C31H32N4O5/c1-23(30(37)39-20-25-13-7-3-8-14-25)33-29(36)28(34-31(38)40-21-26-15-9-4-10-16-26)17-27-19-35(22-32-27)18-24-11-5-2-6-12-24/h2-16,19,22-23,28H,17-18,20-21H2,1H3,(H,33,36)(H,34,38)/t23-,28-/m0/s1. The molecule has 2 N–H and O–H groups in total. The van der Waals surface area contributed by atoms with Crippen LogP contribution in [0.2, 0.25) is 0 Å². The molecule has 1 heterocycles. The summed E-state index contributed by atoms with van der Waals surface area (Å²) in [7, 11) is 0. The number of nitrogens with zero attached hydrogens (tertiary/aromatic N) is 2. The molecule has 2 atom stereocenters. The molecule has 4 aromatic rings. The third-order valence-corrected chi connectivity index (χ3v) is 6.07. The van der Waals surface area contributed by atoms with Gasteiger partial charge >= 0.3 is 12.1 Å². The van der Waals surface area contributed by atoms with Crippen LogP contribution in [0.3, 0.4) is 0 Å². The van der Waals surface area contributed by atoms with Crippen LogP contribution in [0.25, 0.3) is 0 Å². The fourth-order valence-electron chi connectivity index (χ4n) is 3.94. The molecule has 0 spiro atoms. The zero-order valence-electron chi connectivity index (χ0n) is 22.2. The lowest BCUT2D eigenvalue weighted by Gasteiger charge is -2.20. The van der Waals surface area contributed by atoms with Gasteiger partial charge in [0.15, 0.2) is 0 Å². The largest absolute Gasteiger partial charge is 0.459 e. The molecule has 4 rings (SSSR count). The number of hydrogen-bond acceptors (Lipinski definition) is 6. The van der Waals surface area contributed by atoms with Gasteiger partial charge in [0, 0.05) is 19.2 Å². The molecule has 0 fully saturated rings. The van der Waals surface area contributed by atoms with E-state index in [4.69, 9.17) is 9.47 Å². The van der Waals surface area contributed by atoms with E-state index in [9.17, 15) is 14.4 Å². The molecule has 9 heteroatoms. The molecule has 0 unspecified atom stereocenters. The molecule has 0 aliphatic heterocycles. The first-order chi connectivity index (χ1) is 19.5. The van der Waals surface area contributed by atoms with Crippen LogP contribution < -0.4 is 10.6 Å². The lowest BCUT2D eigenvalue weighted by Crippen LogP contribution is -2.52. The molecule has 2 amide bonds. The van der Waals surface area contributed by atoms with Crippen LogP contribution in [0.5, 0.6) is 0 Å². The summed E-state index contributed by atoms with van der Waals surface area (Å²) in [6.45, 7) is 2.29. The Kier molecular flexibility index (Phi) is 10.0. The van der Waals surface area contributed by atoms with Crippen LogP contribution in [0.15, 0.2) is 104 Å². The molecule has 0 saturated heterocycles. The first-order valence-electron chi connectivity index (χ1n) is 13.0. The topological polar surface area (TPSA) is 112 Å². The SMILES string of the molecule is C[C@H](NC(=O)[C@H](Cc1cn(Cc2ccccc2)cn1)NC(=O)OCc1ccccc1)C(=O)OCc1ccccc1. The van der Waals surface area contributed by atoms with Gasteiger partial charge in [0.25, 0.3) is 0 Å². The minimum atomic E-state index is -1.03. The fourth-order valence-corrected chi connectivity index (χ4v) is 3.94. The minimum absolute atomic E-state index is 0.0505. The second-order valence-corrected chi connectivity index (χ2v) is 9.31. The van der Waals surface area contributed by atoms with Crippen molar-refractivity contribution < 1.29 is 23.9 Å². The van der Waals surface area contributed by atoms with Crippen molar-refractivity contribution >= 4 is 18.0 Å². The summed E-state index contributed by atoms with van der Waals surface area (Å²) in [5.41, 5.74) is 3.35. The molecule has 0 bridgehead atoms. The number of rotatable bonds is 12. The average molecular weight is 541 g/mol. The summed E-state index contributed by atoms with van der Waals surface area (Å²) in [4.78, 5) is 42.8. The quantitative estimate of drug-likeness (QED) is 0.263. The third kappa shape index (κ3) is 8.83. The van der Waals surface area contributed by atoms with Crippen LogP contribution in [0.4, 0.5) is 4.79 Å². The summed E-state index contributed by atoms with van der Waals surface area (Å²) in [6.07, 6.45) is 2.84. The Morgan fingerprint density at radius 2 is 1.32 bits per heavy atom. The highest BCUT2D eigenvalue weighted by atomic mass is 16.5. The molecule has 9 nitrogen and oxygen atoms in total. The van der Waals surface area contributed by atoms with Crippen LogP contribution in [0, 0.1) is 0 Å². The van der Waals surface area contributed by atoms with E-state index >= 15 is 0 Å². The van der Waals surface area contributed by atoms with Gasteiger partial charge in [-0.3, -0.25) is 4.79 Å². The van der Waals surface area contributed by atoms with Crippen molar-refractivity contribution in [1.82, 2.24) is 20.2 Å². The zero-order valence-corrected chi connectivity index (χ0v) is 22.2. The van der Waals surface area contributed by atoms with Gasteiger partial charge in [0.2, 0.25) is 5.91 Å². The number of esters is 1. The van der Waals surface area contributed by atoms with E-state index in [2.05, 4.69) is 15.6 Å². The van der Waals surface area contributed by atoms with Gasteiger partial charge in [-0.2, -0.15) is 0 Å². The summed E-state index contributed by atoms with van der Waals surface area (Å²) in [6, 6.07) is 26.4. The predicted molar refractivity (Wildman–Crippen MR) is 149 cm³/mol. The number of benzene rings is 3. The average Bonchev–Trinajstić information content (AvgIpc) is 3.42. The van der Waals surface area contributed by atoms with Gasteiger partial charge in [0.1, 0.15) is 25.3 Å². The van der Waals surface area contributed by atoms with E-state index in [1.54, 1.807) is 6.33 Å². The van der Waals surface area contributed by atoms with Crippen LogP contribution in [-0.4, -0.2) is 39.6 Å². The lowest BCUT2D eigenvalue weighted by atomic mass is 10.1. The smallest absolute Gasteiger partial charge is 0.408 e. The molecule has 3 aromatic carbocycles. The van der Waals surface area contributed by atoms with E-state index in [0.29, 0.717) is 12.2 Å². The number of alkyl carbamates (subject to hydrolysis) is 1. The molecule has 206 valence electrons. The number of nitrogens with one attached hydrogen (secondary N) is 2. The van der Waals surface area contributed by atoms with Crippen molar-refractivity contribution in [1.29, 1.82) is 0 Å². The molecular weight excluding hydrogens is 508 g/mol. The van der Waals surface area contributed by atoms with Gasteiger partial charge in [-0.15, -0.1) is 0 Å². The lowest BCUT2D eigenvalue weighted by molar-refractivity contribution is -0.148. The number of carbonyl (C=O) groups is 3. The van der Waals surface area contributed by atoms with Gasteiger partial charge in [0.05, 0.1) is 12.0 Å². The molecule has 0 saturated carbocycles. The molecule has 0 aliphatic rings.